The van der Waals surface area contributed by atoms with Gasteiger partial charge in [0.05, 0.1) is 11.3 Å². The zero-order valence-electron chi connectivity index (χ0n) is 10.6. The van der Waals surface area contributed by atoms with Gasteiger partial charge in [0.15, 0.2) is 0 Å². The van der Waals surface area contributed by atoms with Crippen molar-refractivity contribution in [3.05, 3.63) is 38.7 Å². The average Bonchev–Trinajstić information content (AvgIpc) is 2.76. The first kappa shape index (κ1) is 15.7. The summed E-state index contributed by atoms with van der Waals surface area (Å²) in [6, 6.07) is 3.15. The van der Waals surface area contributed by atoms with Crippen LogP contribution in [0.4, 0.5) is 18.9 Å². The van der Waals surface area contributed by atoms with E-state index in [1.807, 2.05) is 0 Å². The summed E-state index contributed by atoms with van der Waals surface area (Å²) in [7, 11) is 0. The minimum Gasteiger partial charge on any atom is -0.311 e. The lowest BCUT2D eigenvalue weighted by Gasteiger charge is -2.19. The van der Waals surface area contributed by atoms with Crippen LogP contribution in [0.5, 0.6) is 0 Å². The van der Waals surface area contributed by atoms with E-state index in [4.69, 9.17) is 5.53 Å². The van der Waals surface area contributed by atoms with Gasteiger partial charge in [0, 0.05) is 28.9 Å². The first-order valence-corrected chi connectivity index (χ1v) is 6.80. The van der Waals surface area contributed by atoms with E-state index in [1.54, 1.807) is 0 Å². The molecule has 21 heavy (non-hydrogen) atoms. The molecule has 5 nitrogen and oxygen atoms in total. The number of carbonyl (C=O) groups is 1. The van der Waals surface area contributed by atoms with Crippen LogP contribution in [0.3, 0.4) is 0 Å². The summed E-state index contributed by atoms with van der Waals surface area (Å²) < 4.78 is 38.0. The summed E-state index contributed by atoms with van der Waals surface area (Å²) in [6.45, 7) is 0.513. The van der Waals surface area contributed by atoms with Gasteiger partial charge in [-0.25, -0.2) is 0 Å². The third-order valence-electron chi connectivity index (χ3n) is 3.17. The van der Waals surface area contributed by atoms with Crippen LogP contribution >= 0.6 is 15.9 Å². The van der Waals surface area contributed by atoms with Crippen LogP contribution in [0.1, 0.15) is 12.0 Å². The Balaban J connectivity index is 2.23. The Morgan fingerprint density at radius 2 is 2.19 bits per heavy atom. The molecule has 1 fully saturated rings. The zero-order chi connectivity index (χ0) is 15.6. The Labute approximate surface area is 126 Å². The topological polar surface area (TPSA) is 69.1 Å². The van der Waals surface area contributed by atoms with Gasteiger partial charge in [-0.05, 0) is 45.6 Å². The first-order valence-electron chi connectivity index (χ1n) is 6.01. The van der Waals surface area contributed by atoms with E-state index in [1.165, 1.54) is 11.0 Å². The molecular formula is C12H10BrF3N4O. The van der Waals surface area contributed by atoms with E-state index in [0.717, 1.165) is 12.1 Å². The van der Waals surface area contributed by atoms with Crippen LogP contribution in [0.25, 0.3) is 10.4 Å². The standard InChI is InChI=1S/C12H10BrF3N4O/c13-9-4-8(12(14,15)16)1-2-10(9)20-6-7(3-11(20)21)5-18-19-17/h1-2,4,7H,3,5-6H2. The predicted octanol–water partition coefficient (Wildman–Crippen LogP) is 4.13. The Bertz CT molecular complexity index is 613. The fourth-order valence-electron chi connectivity index (χ4n) is 2.19. The highest BCUT2D eigenvalue weighted by Gasteiger charge is 2.34. The van der Waals surface area contributed by atoms with Crippen LogP contribution in [-0.2, 0) is 11.0 Å². The minimum atomic E-state index is -4.43. The first-order chi connectivity index (χ1) is 9.82. The number of carbonyl (C=O) groups excluding carboxylic acids is 1. The second-order valence-electron chi connectivity index (χ2n) is 4.65. The summed E-state index contributed by atoms with van der Waals surface area (Å²) in [5.74, 6) is -0.323. The maximum absolute atomic E-state index is 12.6. The molecule has 0 aromatic heterocycles. The van der Waals surface area contributed by atoms with Crippen molar-refractivity contribution in [2.24, 2.45) is 11.0 Å². The molecule has 112 valence electrons. The predicted molar refractivity (Wildman–Crippen MR) is 73.6 cm³/mol. The zero-order valence-corrected chi connectivity index (χ0v) is 12.2. The van der Waals surface area contributed by atoms with Crippen molar-refractivity contribution in [2.45, 2.75) is 12.6 Å². The molecule has 1 aromatic carbocycles. The molecule has 1 saturated heterocycles. The molecule has 1 aromatic rings. The maximum atomic E-state index is 12.6. The highest BCUT2D eigenvalue weighted by Crippen LogP contribution is 2.37. The van der Waals surface area contributed by atoms with E-state index >= 15 is 0 Å². The van der Waals surface area contributed by atoms with E-state index in [0.29, 0.717) is 12.2 Å². The van der Waals surface area contributed by atoms with Gasteiger partial charge in [0.25, 0.3) is 0 Å². The molecule has 9 heteroatoms. The lowest BCUT2D eigenvalue weighted by atomic mass is 10.1. The lowest BCUT2D eigenvalue weighted by Crippen LogP contribution is -2.25. The summed E-state index contributed by atoms with van der Waals surface area (Å²) in [5, 5.41) is 3.43. The Morgan fingerprint density at radius 1 is 1.48 bits per heavy atom. The number of anilines is 1. The van der Waals surface area contributed by atoms with E-state index in [-0.39, 0.29) is 29.3 Å². The van der Waals surface area contributed by atoms with Gasteiger partial charge in [-0.15, -0.1) is 0 Å². The number of nitrogens with zero attached hydrogens (tertiary/aromatic N) is 4. The molecule has 1 aliphatic rings. The molecule has 1 heterocycles. The van der Waals surface area contributed by atoms with Crippen molar-refractivity contribution < 1.29 is 18.0 Å². The third kappa shape index (κ3) is 3.48. The fourth-order valence-corrected chi connectivity index (χ4v) is 2.78. The lowest BCUT2D eigenvalue weighted by molar-refractivity contribution is -0.137. The summed E-state index contributed by atoms with van der Waals surface area (Å²) >= 11 is 3.07. The highest BCUT2D eigenvalue weighted by atomic mass is 79.9. The molecule has 0 N–H and O–H groups in total. The van der Waals surface area contributed by atoms with Gasteiger partial charge < -0.3 is 4.90 Å². The molecule has 0 saturated carbocycles. The van der Waals surface area contributed by atoms with Crippen LogP contribution in [0.2, 0.25) is 0 Å². The summed E-state index contributed by atoms with van der Waals surface area (Å²) in [5.41, 5.74) is 7.88. The largest absolute Gasteiger partial charge is 0.416 e. The van der Waals surface area contributed by atoms with Crippen LogP contribution in [-0.4, -0.2) is 19.0 Å². The number of benzene rings is 1. The van der Waals surface area contributed by atoms with Crippen molar-refractivity contribution in [3.63, 3.8) is 0 Å². The third-order valence-corrected chi connectivity index (χ3v) is 3.81. The summed E-state index contributed by atoms with van der Waals surface area (Å²) in [4.78, 5) is 16.0. The van der Waals surface area contributed by atoms with Gasteiger partial charge in [0.1, 0.15) is 0 Å². The van der Waals surface area contributed by atoms with E-state index < -0.39 is 11.7 Å². The number of amides is 1. The number of azide groups is 1. The molecule has 1 unspecified atom stereocenters. The SMILES string of the molecule is [N-]=[N+]=NCC1CC(=O)N(c2ccc(C(F)(F)F)cc2Br)C1. The number of hydrogen-bond donors (Lipinski definition) is 0. The van der Waals surface area contributed by atoms with Gasteiger partial charge in [0.2, 0.25) is 5.91 Å². The van der Waals surface area contributed by atoms with Crippen molar-refractivity contribution in [1.29, 1.82) is 0 Å². The van der Waals surface area contributed by atoms with Crippen molar-refractivity contribution in [3.8, 4) is 0 Å². The minimum absolute atomic E-state index is 0.123. The highest BCUT2D eigenvalue weighted by molar-refractivity contribution is 9.10. The molecule has 1 atom stereocenters. The van der Waals surface area contributed by atoms with Crippen molar-refractivity contribution in [1.82, 2.24) is 0 Å². The van der Waals surface area contributed by atoms with Gasteiger partial charge in [-0.3, -0.25) is 4.79 Å². The van der Waals surface area contributed by atoms with Gasteiger partial charge >= 0.3 is 6.18 Å². The van der Waals surface area contributed by atoms with E-state index in [9.17, 15) is 18.0 Å². The Morgan fingerprint density at radius 3 is 2.76 bits per heavy atom. The normalized spacial score (nSPS) is 18.8. The molecular weight excluding hydrogens is 353 g/mol. The molecule has 0 bridgehead atoms. The average molecular weight is 363 g/mol. The molecule has 2 rings (SSSR count). The van der Waals surface area contributed by atoms with Crippen molar-refractivity contribution >= 4 is 27.5 Å². The Hall–Kier alpha value is -1.73. The molecule has 1 aliphatic heterocycles. The fraction of sp³-hybridized carbons (Fsp3) is 0.417. The summed E-state index contributed by atoms with van der Waals surface area (Å²) in [6.07, 6.45) is -4.22. The number of hydrogen-bond acceptors (Lipinski definition) is 2. The molecule has 0 aliphatic carbocycles. The maximum Gasteiger partial charge on any atom is 0.416 e. The van der Waals surface area contributed by atoms with Gasteiger partial charge in [-0.2, -0.15) is 13.2 Å². The Kier molecular flexibility index (Phi) is 4.43. The monoisotopic (exact) mass is 362 g/mol. The molecule has 0 spiro atoms. The van der Waals surface area contributed by atoms with E-state index in [2.05, 4.69) is 26.0 Å². The van der Waals surface area contributed by atoms with Gasteiger partial charge in [-0.1, -0.05) is 5.11 Å². The number of alkyl halides is 3. The van der Waals surface area contributed by atoms with Crippen molar-refractivity contribution in [2.75, 3.05) is 18.0 Å². The molecule has 0 radical (unpaired) electrons. The van der Waals surface area contributed by atoms with Crippen LogP contribution < -0.4 is 4.90 Å². The van der Waals surface area contributed by atoms with Crippen LogP contribution in [0, 0.1) is 5.92 Å². The molecule has 1 amide bonds. The second kappa shape index (κ2) is 5.95. The number of rotatable bonds is 3. The number of halogens is 4. The quantitative estimate of drug-likeness (QED) is 0.452. The smallest absolute Gasteiger partial charge is 0.311 e. The van der Waals surface area contributed by atoms with Crippen LogP contribution in [0.15, 0.2) is 27.8 Å². The second-order valence-corrected chi connectivity index (χ2v) is 5.51.